The Labute approximate surface area is 146 Å². The Morgan fingerprint density at radius 2 is 1.84 bits per heavy atom. The van der Waals surface area contributed by atoms with Gasteiger partial charge in [-0.1, -0.05) is 18.2 Å². The maximum atomic E-state index is 13.1. The summed E-state index contributed by atoms with van der Waals surface area (Å²) in [5.74, 6) is 0. The molecule has 2 aromatic rings. The van der Waals surface area contributed by atoms with Crippen LogP contribution in [0.25, 0.3) is 10.9 Å². The average Bonchev–Trinajstić information content (AvgIpc) is 3.07. The molecule has 1 aromatic heterocycles. The summed E-state index contributed by atoms with van der Waals surface area (Å²) >= 11 is 0. The number of carbonyl (C=O) groups excluding carboxylic acids is 1. The number of rotatable bonds is 3. The summed E-state index contributed by atoms with van der Waals surface area (Å²) in [7, 11) is -3.61. The normalized spacial score (nSPS) is 20.2. The molecule has 25 heavy (non-hydrogen) atoms. The largest absolute Gasteiger partial charge is 0.448 e. The van der Waals surface area contributed by atoms with Gasteiger partial charge in [0.15, 0.2) is 0 Å². The highest BCUT2D eigenvalue weighted by molar-refractivity contribution is 7.89. The van der Waals surface area contributed by atoms with E-state index in [9.17, 15) is 13.2 Å². The highest BCUT2D eigenvalue weighted by Gasteiger charge is 2.36. The van der Waals surface area contributed by atoms with E-state index in [1.165, 1.54) is 4.31 Å². The van der Waals surface area contributed by atoms with Gasteiger partial charge in [-0.25, -0.2) is 13.2 Å². The number of nitrogens with zero attached hydrogens (tertiary/aromatic N) is 3. The van der Waals surface area contributed by atoms with E-state index in [-0.39, 0.29) is 17.0 Å². The number of ether oxygens (including phenoxy) is 1. The Kier molecular flexibility index (Phi) is 4.09. The maximum absolute atomic E-state index is 13.1. The molecule has 0 bridgehead atoms. The first kappa shape index (κ1) is 16.3. The molecule has 4 rings (SSSR count). The van der Waals surface area contributed by atoms with E-state index in [0.717, 1.165) is 5.39 Å². The summed E-state index contributed by atoms with van der Waals surface area (Å²) in [6.07, 6.45) is 2.55. The summed E-state index contributed by atoms with van der Waals surface area (Å²) in [5.41, 5.74) is 0.496. The molecule has 0 atom stereocenters. The number of sulfonamides is 1. The number of carbonyl (C=O) groups is 1. The minimum absolute atomic E-state index is 0.0482. The van der Waals surface area contributed by atoms with Crippen LogP contribution in [0.5, 0.6) is 0 Å². The van der Waals surface area contributed by atoms with Gasteiger partial charge < -0.3 is 9.64 Å². The van der Waals surface area contributed by atoms with Crippen LogP contribution in [-0.4, -0.2) is 61.0 Å². The van der Waals surface area contributed by atoms with Crippen molar-refractivity contribution in [2.75, 3.05) is 26.2 Å². The molecule has 0 saturated carbocycles. The van der Waals surface area contributed by atoms with Gasteiger partial charge in [-0.2, -0.15) is 4.31 Å². The number of aromatic nitrogens is 1. The molecule has 8 heteroatoms. The second kappa shape index (κ2) is 6.27. The summed E-state index contributed by atoms with van der Waals surface area (Å²) < 4.78 is 32.6. The van der Waals surface area contributed by atoms with E-state index < -0.39 is 10.0 Å². The lowest BCUT2D eigenvalue weighted by molar-refractivity contribution is 0.134. The molecule has 1 aromatic carbocycles. The molecule has 2 saturated heterocycles. The molecule has 1 amide bonds. The van der Waals surface area contributed by atoms with Crippen LogP contribution in [0.1, 0.15) is 12.8 Å². The molecule has 0 aliphatic carbocycles. The van der Waals surface area contributed by atoms with Crippen LogP contribution in [0.15, 0.2) is 41.4 Å². The molecule has 0 N–H and O–H groups in total. The standard InChI is InChI=1S/C17H19N3O4S/c21-17-20(11-12-24-17)14-6-9-19(10-7-14)25(22,23)15-5-1-3-13-4-2-8-18-16(13)15/h1-5,8,14H,6-7,9-12H2. The Morgan fingerprint density at radius 3 is 2.56 bits per heavy atom. The van der Waals surface area contributed by atoms with Gasteiger partial charge in [0.2, 0.25) is 10.0 Å². The Bertz CT molecular complexity index is 902. The minimum Gasteiger partial charge on any atom is -0.448 e. The molecule has 132 valence electrons. The van der Waals surface area contributed by atoms with E-state index in [0.29, 0.717) is 44.6 Å². The quantitative estimate of drug-likeness (QED) is 0.833. The number of para-hydroxylation sites is 1. The molecule has 2 fully saturated rings. The summed E-state index contributed by atoms with van der Waals surface area (Å²) in [6, 6.07) is 8.89. The van der Waals surface area contributed by atoms with Crippen molar-refractivity contribution < 1.29 is 17.9 Å². The number of hydrogen-bond acceptors (Lipinski definition) is 5. The SMILES string of the molecule is O=C1OCCN1C1CCN(S(=O)(=O)c2cccc3cccnc23)CC1. The molecule has 2 aliphatic rings. The number of amides is 1. The highest BCUT2D eigenvalue weighted by atomic mass is 32.2. The van der Waals surface area contributed by atoms with Crippen LogP contribution in [0, 0.1) is 0 Å². The van der Waals surface area contributed by atoms with Crippen LogP contribution in [0.4, 0.5) is 4.79 Å². The summed E-state index contributed by atoms with van der Waals surface area (Å²) in [6.45, 7) is 1.78. The Morgan fingerprint density at radius 1 is 1.08 bits per heavy atom. The topological polar surface area (TPSA) is 79.8 Å². The zero-order chi connectivity index (χ0) is 17.4. The number of pyridine rings is 1. The molecule has 0 spiro atoms. The van der Waals surface area contributed by atoms with Crippen LogP contribution < -0.4 is 0 Å². The first-order chi connectivity index (χ1) is 12.1. The van der Waals surface area contributed by atoms with Crippen molar-refractivity contribution in [1.29, 1.82) is 0 Å². The second-order valence-electron chi connectivity index (χ2n) is 6.27. The fraction of sp³-hybridized carbons (Fsp3) is 0.412. The van der Waals surface area contributed by atoms with Crippen molar-refractivity contribution in [2.45, 2.75) is 23.8 Å². The number of fused-ring (bicyclic) bond motifs is 1. The van der Waals surface area contributed by atoms with Gasteiger partial charge in [0.25, 0.3) is 0 Å². The third-order valence-electron chi connectivity index (χ3n) is 4.87. The van der Waals surface area contributed by atoms with Crippen LogP contribution in [-0.2, 0) is 14.8 Å². The van der Waals surface area contributed by atoms with Gasteiger partial charge in [0.1, 0.15) is 11.5 Å². The first-order valence-corrected chi connectivity index (χ1v) is 9.79. The van der Waals surface area contributed by atoms with Gasteiger partial charge in [0.05, 0.1) is 12.1 Å². The lowest BCUT2D eigenvalue weighted by atomic mass is 10.1. The molecule has 0 radical (unpaired) electrons. The number of hydrogen-bond donors (Lipinski definition) is 0. The second-order valence-corrected chi connectivity index (χ2v) is 8.18. The highest BCUT2D eigenvalue weighted by Crippen LogP contribution is 2.28. The monoisotopic (exact) mass is 361 g/mol. The average molecular weight is 361 g/mol. The van der Waals surface area contributed by atoms with Crippen molar-refractivity contribution >= 4 is 27.0 Å². The van der Waals surface area contributed by atoms with Crippen molar-refractivity contribution in [3.05, 3.63) is 36.5 Å². The van der Waals surface area contributed by atoms with Gasteiger partial charge in [-0.05, 0) is 25.0 Å². The Hall–Kier alpha value is -2.19. The summed E-state index contributed by atoms with van der Waals surface area (Å²) in [5, 5.41) is 0.804. The summed E-state index contributed by atoms with van der Waals surface area (Å²) in [4.78, 5) is 17.9. The number of cyclic esters (lactones) is 1. The fourth-order valence-corrected chi connectivity index (χ4v) is 5.19. The van der Waals surface area contributed by atoms with Crippen LogP contribution in [0.3, 0.4) is 0 Å². The molecule has 2 aliphatic heterocycles. The minimum atomic E-state index is -3.61. The van der Waals surface area contributed by atoms with Gasteiger partial charge in [-0.15, -0.1) is 0 Å². The molecule has 3 heterocycles. The van der Waals surface area contributed by atoms with Gasteiger partial charge in [-0.3, -0.25) is 4.98 Å². The smallest absolute Gasteiger partial charge is 0.410 e. The van der Waals surface area contributed by atoms with E-state index in [4.69, 9.17) is 4.74 Å². The van der Waals surface area contributed by atoms with Crippen molar-refractivity contribution in [2.24, 2.45) is 0 Å². The van der Waals surface area contributed by atoms with E-state index >= 15 is 0 Å². The van der Waals surface area contributed by atoms with E-state index in [1.807, 2.05) is 12.1 Å². The molecular formula is C17H19N3O4S. The lowest BCUT2D eigenvalue weighted by Gasteiger charge is -2.34. The number of benzene rings is 1. The predicted molar refractivity (Wildman–Crippen MR) is 91.6 cm³/mol. The van der Waals surface area contributed by atoms with Crippen molar-refractivity contribution in [3.8, 4) is 0 Å². The number of piperidine rings is 1. The Balaban J connectivity index is 1.56. The molecular weight excluding hydrogens is 342 g/mol. The lowest BCUT2D eigenvalue weighted by Crippen LogP contribution is -2.47. The van der Waals surface area contributed by atoms with Gasteiger partial charge in [0, 0.05) is 30.7 Å². The third-order valence-corrected chi connectivity index (χ3v) is 6.80. The predicted octanol–water partition coefficient (Wildman–Crippen LogP) is 1.84. The maximum Gasteiger partial charge on any atom is 0.410 e. The fourth-order valence-electron chi connectivity index (χ4n) is 3.55. The molecule has 7 nitrogen and oxygen atoms in total. The third kappa shape index (κ3) is 2.85. The van der Waals surface area contributed by atoms with Crippen molar-refractivity contribution in [3.63, 3.8) is 0 Å². The van der Waals surface area contributed by atoms with Crippen molar-refractivity contribution in [1.82, 2.24) is 14.2 Å². The van der Waals surface area contributed by atoms with Crippen LogP contribution in [0.2, 0.25) is 0 Å². The molecule has 0 unspecified atom stereocenters. The zero-order valence-electron chi connectivity index (χ0n) is 13.7. The zero-order valence-corrected chi connectivity index (χ0v) is 14.5. The van der Waals surface area contributed by atoms with Gasteiger partial charge >= 0.3 is 6.09 Å². The van der Waals surface area contributed by atoms with E-state index in [1.54, 1.807) is 29.3 Å². The van der Waals surface area contributed by atoms with Crippen LogP contribution >= 0.6 is 0 Å². The first-order valence-electron chi connectivity index (χ1n) is 8.35. The van der Waals surface area contributed by atoms with E-state index in [2.05, 4.69) is 4.98 Å².